The molecule has 0 aromatic rings. The van der Waals surface area contributed by atoms with Gasteiger partial charge in [-0.3, -0.25) is 4.79 Å². The van der Waals surface area contributed by atoms with E-state index >= 15 is 0 Å². The van der Waals surface area contributed by atoms with Crippen molar-refractivity contribution in [2.24, 2.45) is 0 Å². The fourth-order valence-corrected chi connectivity index (χ4v) is 2.39. The maximum Gasteiger partial charge on any atom is 0.243 e. The number of nitrogens with one attached hydrogen (secondary N) is 1. The Kier molecular flexibility index (Phi) is 5.65. The van der Waals surface area contributed by atoms with Gasteiger partial charge in [0.05, 0.1) is 0 Å². The van der Waals surface area contributed by atoms with Gasteiger partial charge >= 0.3 is 0 Å². The summed E-state index contributed by atoms with van der Waals surface area (Å²) in [5.74, 6) is 1.34. The smallest absolute Gasteiger partial charge is 0.243 e. The minimum absolute atomic E-state index is 0.0332. The topological polar surface area (TPSA) is 29.1 Å². The molecule has 3 unspecified atom stereocenters. The van der Waals surface area contributed by atoms with Gasteiger partial charge in [-0.2, -0.15) is 0 Å². The highest BCUT2D eigenvalue weighted by Gasteiger charge is 2.24. The molecule has 1 fully saturated rings. The van der Waals surface area contributed by atoms with E-state index < -0.39 is 0 Å². The molecule has 1 rings (SSSR count). The zero-order valence-electron chi connectivity index (χ0n) is 10.5. The molecule has 0 aromatic heterocycles. The molecule has 3 heteroatoms. The third-order valence-electron chi connectivity index (χ3n) is 3.49. The Morgan fingerprint density at radius 3 is 3.00 bits per heavy atom. The second kappa shape index (κ2) is 6.77. The van der Waals surface area contributed by atoms with Gasteiger partial charge in [0.25, 0.3) is 0 Å². The number of hydrogen-bond donors (Lipinski definition) is 1. The lowest BCUT2D eigenvalue weighted by molar-refractivity contribution is -0.117. The van der Waals surface area contributed by atoms with Crippen LogP contribution in [-0.2, 0) is 4.79 Å². The highest BCUT2D eigenvalue weighted by atomic mass is 16.1. The molecule has 1 saturated carbocycles. The van der Waals surface area contributed by atoms with Crippen LogP contribution < -0.4 is 5.32 Å². The first-order valence-corrected chi connectivity index (χ1v) is 6.43. The molecule has 0 spiro atoms. The molecule has 1 amide bonds. The summed E-state index contributed by atoms with van der Waals surface area (Å²) in [5.41, 5.74) is 0. The predicted molar refractivity (Wildman–Crippen MR) is 69.8 cm³/mol. The number of rotatable bonds is 5. The van der Waals surface area contributed by atoms with E-state index in [1.807, 2.05) is 0 Å². The standard InChI is InChI=1S/C13H23BNO/c1-4-10(3)14-11-7-6-8-12(9-11)15-13(16)5-2/h5,10-12H,2,4,6-9H2,1,3H3,(H,15,16). The van der Waals surface area contributed by atoms with Crippen LogP contribution in [0.25, 0.3) is 0 Å². The number of carbonyl (C=O) groups is 1. The first kappa shape index (κ1) is 13.3. The second-order valence-electron chi connectivity index (χ2n) is 4.91. The minimum atomic E-state index is -0.0332. The molecule has 0 heterocycles. The summed E-state index contributed by atoms with van der Waals surface area (Å²) >= 11 is 0. The zero-order chi connectivity index (χ0) is 12.0. The van der Waals surface area contributed by atoms with E-state index in [4.69, 9.17) is 0 Å². The summed E-state index contributed by atoms with van der Waals surface area (Å²) in [6.07, 6.45) is 7.29. The van der Waals surface area contributed by atoms with Gasteiger partial charge in [-0.1, -0.05) is 51.3 Å². The van der Waals surface area contributed by atoms with E-state index in [1.54, 1.807) is 0 Å². The molecule has 0 aromatic carbocycles. The van der Waals surface area contributed by atoms with Gasteiger partial charge in [-0.25, -0.2) is 0 Å². The Morgan fingerprint density at radius 1 is 1.62 bits per heavy atom. The summed E-state index contributed by atoms with van der Waals surface area (Å²) < 4.78 is 0. The maximum absolute atomic E-state index is 11.2. The lowest BCUT2D eigenvalue weighted by Gasteiger charge is -2.30. The first-order valence-electron chi connectivity index (χ1n) is 6.43. The molecule has 2 nitrogen and oxygen atoms in total. The van der Waals surface area contributed by atoms with Gasteiger partial charge in [0.1, 0.15) is 7.28 Å². The second-order valence-corrected chi connectivity index (χ2v) is 4.91. The van der Waals surface area contributed by atoms with E-state index in [0.29, 0.717) is 17.7 Å². The molecule has 0 bridgehead atoms. The Bertz CT molecular complexity index is 242. The van der Waals surface area contributed by atoms with Gasteiger partial charge in [0, 0.05) is 6.04 Å². The van der Waals surface area contributed by atoms with Crippen LogP contribution in [0.2, 0.25) is 11.6 Å². The van der Waals surface area contributed by atoms with E-state index in [9.17, 15) is 4.79 Å². The van der Waals surface area contributed by atoms with Crippen LogP contribution >= 0.6 is 0 Å². The van der Waals surface area contributed by atoms with E-state index in [-0.39, 0.29) is 5.91 Å². The van der Waals surface area contributed by atoms with Gasteiger partial charge in [-0.05, 0) is 18.9 Å². The lowest BCUT2D eigenvalue weighted by Crippen LogP contribution is -2.37. The maximum atomic E-state index is 11.2. The molecular weight excluding hydrogens is 197 g/mol. The summed E-state index contributed by atoms with van der Waals surface area (Å²) in [7, 11) is 2.46. The van der Waals surface area contributed by atoms with Crippen LogP contribution in [0, 0.1) is 0 Å². The zero-order valence-corrected chi connectivity index (χ0v) is 10.5. The van der Waals surface area contributed by atoms with Crippen LogP contribution in [0.15, 0.2) is 12.7 Å². The monoisotopic (exact) mass is 220 g/mol. The molecule has 0 saturated heterocycles. The van der Waals surface area contributed by atoms with E-state index in [0.717, 1.165) is 12.8 Å². The highest BCUT2D eigenvalue weighted by molar-refractivity contribution is 6.39. The minimum Gasteiger partial charge on any atom is -0.350 e. The van der Waals surface area contributed by atoms with E-state index in [2.05, 4.69) is 33.0 Å². The van der Waals surface area contributed by atoms with Crippen molar-refractivity contribution < 1.29 is 4.79 Å². The first-order chi connectivity index (χ1) is 7.65. The third-order valence-corrected chi connectivity index (χ3v) is 3.49. The summed E-state index contributed by atoms with van der Waals surface area (Å²) in [6.45, 7) is 7.98. The number of carbonyl (C=O) groups excluding carboxylic acids is 1. The average Bonchev–Trinajstić information content (AvgIpc) is 2.29. The molecule has 3 atom stereocenters. The summed E-state index contributed by atoms with van der Waals surface area (Å²) in [5, 5.41) is 3.01. The molecular formula is C13H23BNO. The van der Waals surface area contributed by atoms with Crippen molar-refractivity contribution in [3.05, 3.63) is 12.7 Å². The highest BCUT2D eigenvalue weighted by Crippen LogP contribution is 2.31. The van der Waals surface area contributed by atoms with E-state index in [1.165, 1.54) is 25.3 Å². The Morgan fingerprint density at radius 2 is 2.38 bits per heavy atom. The molecule has 1 radical (unpaired) electrons. The van der Waals surface area contributed by atoms with Crippen molar-refractivity contribution in [3.63, 3.8) is 0 Å². The predicted octanol–water partition coefficient (Wildman–Crippen LogP) is 2.94. The van der Waals surface area contributed by atoms with Crippen LogP contribution in [0.5, 0.6) is 0 Å². The SMILES string of the molecule is C=CC(=O)NC1CCCC([B]C(C)CC)C1. The normalized spacial score (nSPS) is 26.9. The molecule has 89 valence electrons. The fourth-order valence-electron chi connectivity index (χ4n) is 2.39. The molecule has 0 aliphatic heterocycles. The average molecular weight is 220 g/mol. The Labute approximate surface area is 100 Å². The van der Waals surface area contributed by atoms with Gasteiger partial charge in [0.2, 0.25) is 5.91 Å². The fraction of sp³-hybridized carbons (Fsp3) is 0.769. The van der Waals surface area contributed by atoms with Gasteiger partial charge in [-0.15, -0.1) is 0 Å². The van der Waals surface area contributed by atoms with Crippen LogP contribution in [0.3, 0.4) is 0 Å². The number of hydrogen-bond acceptors (Lipinski definition) is 1. The van der Waals surface area contributed by atoms with Crippen molar-refractivity contribution in [1.29, 1.82) is 0 Å². The van der Waals surface area contributed by atoms with Crippen molar-refractivity contribution >= 4 is 13.2 Å². The van der Waals surface area contributed by atoms with Crippen LogP contribution in [0.4, 0.5) is 0 Å². The molecule has 1 aliphatic carbocycles. The molecule has 1 N–H and O–H groups in total. The Balaban J connectivity index is 2.34. The number of amides is 1. The van der Waals surface area contributed by atoms with Crippen LogP contribution in [-0.4, -0.2) is 19.2 Å². The lowest BCUT2D eigenvalue weighted by atomic mass is 9.51. The summed E-state index contributed by atoms with van der Waals surface area (Å²) in [6, 6.07) is 0.351. The van der Waals surface area contributed by atoms with Crippen LogP contribution in [0.1, 0.15) is 46.0 Å². The quantitative estimate of drug-likeness (QED) is 0.560. The van der Waals surface area contributed by atoms with Crippen molar-refractivity contribution in [1.82, 2.24) is 5.32 Å². The van der Waals surface area contributed by atoms with Crippen molar-refractivity contribution in [2.75, 3.05) is 0 Å². The van der Waals surface area contributed by atoms with Crippen molar-refractivity contribution in [2.45, 2.75) is 63.6 Å². The Hall–Kier alpha value is -0.725. The largest absolute Gasteiger partial charge is 0.350 e. The third kappa shape index (κ3) is 4.42. The van der Waals surface area contributed by atoms with Gasteiger partial charge < -0.3 is 5.32 Å². The van der Waals surface area contributed by atoms with Gasteiger partial charge in [0.15, 0.2) is 0 Å². The molecule has 16 heavy (non-hydrogen) atoms. The molecule has 1 aliphatic rings. The summed E-state index contributed by atoms with van der Waals surface area (Å²) in [4.78, 5) is 11.2. The van der Waals surface area contributed by atoms with Crippen molar-refractivity contribution in [3.8, 4) is 0 Å².